The van der Waals surface area contributed by atoms with Crippen LogP contribution in [0.2, 0.25) is 0 Å². The minimum absolute atomic E-state index is 0.0148. The molecule has 0 spiro atoms. The fourth-order valence-electron chi connectivity index (χ4n) is 11.4. The molecule has 0 bridgehead atoms. The van der Waals surface area contributed by atoms with Crippen LogP contribution in [0.15, 0.2) is 84.9 Å². The van der Waals surface area contributed by atoms with Gasteiger partial charge in [0.2, 0.25) is 11.3 Å². The maximum Gasteiger partial charge on any atom is 0.251 e. The molecule has 0 unspecified atom stereocenters. The van der Waals surface area contributed by atoms with Crippen molar-refractivity contribution in [3.63, 3.8) is 0 Å². The summed E-state index contributed by atoms with van der Waals surface area (Å²) in [5.41, 5.74) is 13.7. The summed E-state index contributed by atoms with van der Waals surface area (Å²) in [6, 6.07) is 27.6. The van der Waals surface area contributed by atoms with E-state index in [-0.39, 0.29) is 29.4 Å². The first-order valence-corrected chi connectivity index (χ1v) is 24.9. The van der Waals surface area contributed by atoms with E-state index in [0.29, 0.717) is 37.9 Å². The van der Waals surface area contributed by atoms with Crippen LogP contribution in [0.1, 0.15) is 110 Å². The number of aromatic nitrogens is 2. The van der Waals surface area contributed by atoms with E-state index in [1.54, 1.807) is 19.2 Å². The van der Waals surface area contributed by atoms with Crippen molar-refractivity contribution in [1.29, 1.82) is 0 Å². The van der Waals surface area contributed by atoms with E-state index >= 15 is 0 Å². The highest BCUT2D eigenvalue weighted by Gasteiger charge is 2.36. The van der Waals surface area contributed by atoms with Crippen LogP contribution >= 0.6 is 0 Å². The summed E-state index contributed by atoms with van der Waals surface area (Å²) in [4.78, 5) is 42.3. The Labute approximate surface area is 402 Å². The number of fused-ring (bicyclic) bond motifs is 4. The molecule has 11 rings (SSSR count). The summed E-state index contributed by atoms with van der Waals surface area (Å²) in [6.45, 7) is 7.03. The molecule has 12 heteroatoms. The van der Waals surface area contributed by atoms with Crippen LogP contribution in [0.25, 0.3) is 22.5 Å². The Balaban J connectivity index is 0.775. The Kier molecular flexibility index (Phi) is 12.0. The number of aromatic carboxylic acids is 1. The number of aryl methyl sites for hydroxylation is 4. The van der Waals surface area contributed by atoms with Gasteiger partial charge in [-0.3, -0.25) is 9.59 Å². The Morgan fingerprint density at radius 2 is 1.52 bits per heavy atom. The topological polar surface area (TPSA) is 141 Å². The van der Waals surface area contributed by atoms with Crippen LogP contribution in [-0.4, -0.2) is 73.9 Å². The molecule has 0 fully saturated rings. The largest absolute Gasteiger partial charge is 0.545 e. The highest BCUT2D eigenvalue weighted by atomic mass is 16.5. The molecule has 352 valence electrons. The minimum Gasteiger partial charge on any atom is -0.545 e. The van der Waals surface area contributed by atoms with Crippen LogP contribution in [0, 0.1) is 6.92 Å². The van der Waals surface area contributed by atoms with Crippen LogP contribution < -0.4 is 45.3 Å². The molecule has 6 heterocycles. The zero-order valence-electron chi connectivity index (χ0n) is 39.5. The van der Waals surface area contributed by atoms with Crippen molar-refractivity contribution in [2.45, 2.75) is 84.0 Å². The molecule has 0 saturated carbocycles. The molecule has 5 aliphatic rings. The van der Waals surface area contributed by atoms with Gasteiger partial charge in [0, 0.05) is 102 Å². The monoisotopic (exact) mass is 922 g/mol. The number of carbonyl (C=O) groups excluding carboxylic acids is 3. The number of carbonyl (C=O) groups is 3. The Morgan fingerprint density at radius 3 is 2.30 bits per heavy atom. The first-order chi connectivity index (χ1) is 33.7. The van der Waals surface area contributed by atoms with Crippen molar-refractivity contribution in [3.05, 3.63) is 151 Å². The summed E-state index contributed by atoms with van der Waals surface area (Å²) in [7, 11) is 1.64. The van der Waals surface area contributed by atoms with E-state index in [1.807, 2.05) is 35.0 Å². The molecule has 2 N–H and O–H groups in total. The Morgan fingerprint density at radius 1 is 0.783 bits per heavy atom. The number of amides is 2. The molecular formula is C57H58N6O6. The summed E-state index contributed by atoms with van der Waals surface area (Å²) < 4.78 is 16.9. The van der Waals surface area contributed by atoms with E-state index in [9.17, 15) is 19.5 Å². The zero-order valence-corrected chi connectivity index (χ0v) is 39.5. The maximum absolute atomic E-state index is 13.6. The first kappa shape index (κ1) is 44.3. The van der Waals surface area contributed by atoms with Gasteiger partial charge in [0.25, 0.3) is 5.91 Å². The molecule has 5 aliphatic heterocycles. The molecule has 5 aromatic carbocycles. The van der Waals surface area contributed by atoms with Gasteiger partial charge in [0.1, 0.15) is 30.3 Å². The lowest BCUT2D eigenvalue weighted by atomic mass is 9.81. The normalized spacial score (nSPS) is 15.3. The number of benzene rings is 5. The molecule has 12 nitrogen and oxygen atoms in total. The van der Waals surface area contributed by atoms with E-state index in [0.717, 1.165) is 134 Å². The van der Waals surface area contributed by atoms with E-state index in [1.165, 1.54) is 44.9 Å². The number of hydrogen-bond donors (Lipinski definition) is 2. The van der Waals surface area contributed by atoms with Gasteiger partial charge in [-0.05, 0) is 124 Å². The van der Waals surface area contributed by atoms with E-state index < -0.39 is 5.97 Å². The van der Waals surface area contributed by atoms with Gasteiger partial charge in [-0.25, -0.2) is 9.26 Å². The number of rotatable bonds is 14. The number of nitrogens with one attached hydrogen (secondary N) is 2. The molecule has 0 radical (unpaired) electrons. The fourth-order valence-corrected chi connectivity index (χ4v) is 11.4. The molecular weight excluding hydrogens is 865 g/mol. The quantitative estimate of drug-likeness (QED) is 0.101. The Bertz CT molecular complexity index is 3170. The van der Waals surface area contributed by atoms with Crippen molar-refractivity contribution in [1.82, 2.24) is 25.0 Å². The number of unbranched alkanes of at least 4 members (excludes halogenated alkanes) is 1. The zero-order chi connectivity index (χ0) is 47.2. The molecule has 0 aliphatic carbocycles. The predicted molar refractivity (Wildman–Crippen MR) is 264 cm³/mol. The fraction of sp³-hybridized carbons (Fsp3) is 0.351. The lowest BCUT2D eigenvalue weighted by Gasteiger charge is -2.39. The predicted octanol–water partition coefficient (Wildman–Crippen LogP) is 5.91. The van der Waals surface area contributed by atoms with Gasteiger partial charge in [0.15, 0.2) is 0 Å². The Hall–Kier alpha value is -7.21. The standard InChI is InChI=1S/C57H58N6O6/c1-35-13-15-36(16-14-35)49-34-40(60-63(49)41-19-21-42(68-2)22-20-41)18-24-50(64)58-25-3-4-26-59-56(65)39-17-23-43(46(33-39)57(66)67)51-47-31-37-9-5-27-61-29-7-11-44(52(37)61)54(47)69-55-45-12-8-30-62-28-6-10-38(53(45)62)32-48(51)55/h13-17,19-23,31-34H,3-12,18,24-30H2,1-2H3,(H2-,58,59,64,65,66,67). The van der Waals surface area contributed by atoms with Crippen molar-refractivity contribution >= 4 is 29.0 Å². The highest BCUT2D eigenvalue weighted by molar-refractivity contribution is 6.02. The maximum atomic E-state index is 13.6. The number of nitrogens with zero attached hydrogens (tertiary/aromatic N) is 4. The lowest BCUT2D eigenvalue weighted by Crippen LogP contribution is -2.45. The van der Waals surface area contributed by atoms with E-state index in [4.69, 9.17) is 14.6 Å². The number of carboxylic acid groups (broad SMARTS) is 1. The second-order valence-electron chi connectivity index (χ2n) is 19.2. The van der Waals surface area contributed by atoms with Crippen LogP contribution in [0.5, 0.6) is 17.2 Å². The molecule has 1 aromatic heterocycles. The van der Waals surface area contributed by atoms with Crippen molar-refractivity contribution in [3.8, 4) is 34.2 Å². The second kappa shape index (κ2) is 18.7. The SMILES string of the molecule is COc1ccc(-n2nc(CCC(=O)NCCCCNC(=O)c3ccc(C4=c5cc6c7c(c5Oc5c4cc4c8c5CCCN8CCC4)CCC[N+]=7CCC6)c(C(=O)[O-])c3)cc2-c2ccc(C)cc2)cc1. The average molecular weight is 923 g/mol. The van der Waals surface area contributed by atoms with Gasteiger partial charge in [0.05, 0.1) is 35.7 Å². The summed E-state index contributed by atoms with van der Waals surface area (Å²) >= 11 is 0. The van der Waals surface area contributed by atoms with Gasteiger partial charge in [-0.1, -0.05) is 35.9 Å². The minimum atomic E-state index is -1.33. The number of anilines is 1. The number of methoxy groups -OCH3 is 1. The third-order valence-electron chi connectivity index (χ3n) is 14.7. The molecule has 6 aromatic rings. The van der Waals surface area contributed by atoms with Crippen molar-refractivity contribution < 1.29 is 29.0 Å². The van der Waals surface area contributed by atoms with Crippen molar-refractivity contribution in [2.24, 2.45) is 0 Å². The highest BCUT2D eigenvalue weighted by Crippen LogP contribution is 2.49. The van der Waals surface area contributed by atoms with E-state index in [2.05, 4.69) is 63.4 Å². The van der Waals surface area contributed by atoms with Crippen LogP contribution in [0.4, 0.5) is 5.69 Å². The summed E-state index contributed by atoms with van der Waals surface area (Å²) in [6.07, 6.45) is 10.0. The van der Waals surface area contributed by atoms with Gasteiger partial charge in [-0.2, -0.15) is 5.10 Å². The smallest absolute Gasteiger partial charge is 0.251 e. The molecule has 2 amide bonds. The summed E-state index contributed by atoms with van der Waals surface area (Å²) in [5.74, 6) is 0.699. The number of ether oxygens (including phenoxy) is 2. The molecule has 0 saturated heterocycles. The lowest BCUT2D eigenvalue weighted by molar-refractivity contribution is -0.255. The molecule has 69 heavy (non-hydrogen) atoms. The van der Waals surface area contributed by atoms with Crippen LogP contribution in [-0.2, 0) is 36.9 Å². The van der Waals surface area contributed by atoms with Gasteiger partial charge in [-0.15, -0.1) is 0 Å². The summed E-state index contributed by atoms with van der Waals surface area (Å²) in [5, 5.41) is 26.3. The average Bonchev–Trinajstić information content (AvgIpc) is 3.81. The van der Waals surface area contributed by atoms with Crippen molar-refractivity contribution in [2.75, 3.05) is 51.3 Å². The molecule has 0 atom stereocenters. The van der Waals surface area contributed by atoms with Gasteiger partial charge >= 0.3 is 0 Å². The number of carboxylic acids is 1. The first-order valence-electron chi connectivity index (χ1n) is 24.9. The third-order valence-corrected chi connectivity index (χ3v) is 14.7. The van der Waals surface area contributed by atoms with Gasteiger partial charge < -0.3 is 34.9 Å². The number of hydrogen-bond acceptors (Lipinski definition) is 8. The second-order valence-corrected chi connectivity index (χ2v) is 19.2. The van der Waals surface area contributed by atoms with Crippen LogP contribution in [0.3, 0.4) is 0 Å². The third kappa shape index (κ3) is 8.44.